The Morgan fingerprint density at radius 3 is 2.75 bits per heavy atom. The average molecular weight is 164 g/mol. The quantitative estimate of drug-likeness (QED) is 0.630. The molecule has 64 valence electrons. The Balaban J connectivity index is 3.07. The van der Waals surface area contributed by atoms with Crippen molar-refractivity contribution >= 4 is 18.2 Å². The van der Waals surface area contributed by atoms with Gasteiger partial charge in [-0.3, -0.25) is 0 Å². The van der Waals surface area contributed by atoms with Crippen molar-refractivity contribution in [2.24, 2.45) is 4.99 Å². The first-order chi connectivity index (χ1) is 5.77. The first-order valence-electron chi connectivity index (χ1n) is 3.86. The van der Waals surface area contributed by atoms with Gasteiger partial charge >= 0.3 is 0 Å². The van der Waals surface area contributed by atoms with Gasteiger partial charge in [-0.05, 0) is 19.9 Å². The summed E-state index contributed by atoms with van der Waals surface area (Å²) in [5, 5.41) is 0. The van der Waals surface area contributed by atoms with Gasteiger partial charge in [-0.15, -0.1) is 0 Å². The van der Waals surface area contributed by atoms with Crippen molar-refractivity contribution in [3.63, 3.8) is 0 Å². The number of hydrogen-bond acceptors (Lipinski definition) is 3. The van der Waals surface area contributed by atoms with Crippen molar-refractivity contribution in [2.45, 2.75) is 20.8 Å². The smallest absolute Gasteiger partial charge is 0.246 e. The normalized spacial score (nSPS) is 11.9. The topological polar surface area (TPSA) is 38.4 Å². The Labute approximate surface area is 71.8 Å². The molecule has 0 aliphatic rings. The monoisotopic (exact) mass is 164 g/mol. The molecule has 0 atom stereocenters. The van der Waals surface area contributed by atoms with Crippen molar-refractivity contribution in [3.8, 4) is 0 Å². The summed E-state index contributed by atoms with van der Waals surface area (Å²) in [5.41, 5.74) is 0.785. The van der Waals surface area contributed by atoms with Crippen LogP contribution < -0.4 is 0 Å². The number of allylic oxidation sites excluding steroid dienone is 1. The van der Waals surface area contributed by atoms with Crippen molar-refractivity contribution in [3.05, 3.63) is 17.7 Å². The van der Waals surface area contributed by atoms with Gasteiger partial charge < -0.3 is 4.42 Å². The van der Waals surface area contributed by atoms with E-state index in [0.717, 1.165) is 5.69 Å². The summed E-state index contributed by atoms with van der Waals surface area (Å²) in [7, 11) is 0. The molecule has 1 heterocycles. The van der Waals surface area contributed by atoms with Gasteiger partial charge in [0.2, 0.25) is 5.88 Å². The van der Waals surface area contributed by atoms with E-state index in [1.165, 1.54) is 0 Å². The van der Waals surface area contributed by atoms with E-state index in [9.17, 15) is 0 Å². The number of nitrogens with zero attached hydrogens (tertiary/aromatic N) is 2. The summed E-state index contributed by atoms with van der Waals surface area (Å²) in [6.45, 7) is 5.59. The van der Waals surface area contributed by atoms with Crippen LogP contribution in [0.15, 0.2) is 15.5 Å². The van der Waals surface area contributed by atoms with Crippen LogP contribution in [0.2, 0.25) is 0 Å². The van der Waals surface area contributed by atoms with Crippen molar-refractivity contribution in [2.75, 3.05) is 0 Å². The maximum Gasteiger partial charge on any atom is 0.246 e. The van der Waals surface area contributed by atoms with Crippen LogP contribution in [-0.4, -0.2) is 11.2 Å². The number of oxazole rings is 1. The maximum absolute atomic E-state index is 5.25. The SMILES string of the molecule is C/C=C\c1nc(C)oc1/N=C\C. The molecular formula is C9H12N2O. The van der Waals surface area contributed by atoms with E-state index in [0.29, 0.717) is 11.8 Å². The van der Waals surface area contributed by atoms with Crippen LogP contribution in [0, 0.1) is 6.92 Å². The zero-order chi connectivity index (χ0) is 8.97. The molecule has 3 heteroatoms. The largest absolute Gasteiger partial charge is 0.423 e. The zero-order valence-electron chi connectivity index (χ0n) is 7.53. The molecule has 0 bridgehead atoms. The number of aromatic nitrogens is 1. The molecule has 1 aromatic rings. The first-order valence-corrected chi connectivity index (χ1v) is 3.86. The lowest BCUT2D eigenvalue weighted by molar-refractivity contribution is 0.531. The molecule has 0 unspecified atom stereocenters. The summed E-state index contributed by atoms with van der Waals surface area (Å²) in [6.07, 6.45) is 5.47. The minimum Gasteiger partial charge on any atom is -0.423 e. The molecule has 12 heavy (non-hydrogen) atoms. The van der Waals surface area contributed by atoms with Gasteiger partial charge in [0.15, 0.2) is 5.89 Å². The average Bonchev–Trinajstić information content (AvgIpc) is 2.33. The lowest BCUT2D eigenvalue weighted by atomic mass is 10.4. The summed E-state index contributed by atoms with van der Waals surface area (Å²) >= 11 is 0. The van der Waals surface area contributed by atoms with Gasteiger partial charge in [0.25, 0.3) is 0 Å². The fourth-order valence-corrected chi connectivity index (χ4v) is 0.909. The zero-order valence-corrected chi connectivity index (χ0v) is 7.53. The number of aryl methyl sites for hydroxylation is 1. The Morgan fingerprint density at radius 2 is 2.17 bits per heavy atom. The lowest BCUT2D eigenvalue weighted by Gasteiger charge is -1.84. The standard InChI is InChI=1S/C9H12N2O/c1-4-6-8-9(10-5-2)12-7(3)11-8/h4-6H,1-3H3/b6-4-,10-5-. The minimum atomic E-state index is 0.577. The van der Waals surface area contributed by atoms with Crippen LogP contribution >= 0.6 is 0 Å². The predicted octanol–water partition coefficient (Wildman–Crippen LogP) is 2.74. The van der Waals surface area contributed by atoms with Crippen molar-refractivity contribution in [1.29, 1.82) is 0 Å². The molecule has 1 aromatic heterocycles. The van der Waals surface area contributed by atoms with Gasteiger partial charge in [-0.2, -0.15) is 0 Å². The number of rotatable bonds is 2. The highest BCUT2D eigenvalue weighted by Crippen LogP contribution is 2.20. The summed E-state index contributed by atoms with van der Waals surface area (Å²) in [6, 6.07) is 0. The van der Waals surface area contributed by atoms with E-state index in [1.807, 2.05) is 32.9 Å². The minimum absolute atomic E-state index is 0.577. The third kappa shape index (κ3) is 1.81. The molecule has 0 radical (unpaired) electrons. The molecule has 0 fully saturated rings. The van der Waals surface area contributed by atoms with Gasteiger partial charge in [-0.1, -0.05) is 6.08 Å². The fraction of sp³-hybridized carbons (Fsp3) is 0.333. The van der Waals surface area contributed by atoms with E-state index in [-0.39, 0.29) is 0 Å². The van der Waals surface area contributed by atoms with Crippen LogP contribution in [-0.2, 0) is 0 Å². The second-order valence-corrected chi connectivity index (χ2v) is 2.31. The Hall–Kier alpha value is -1.38. The highest BCUT2D eigenvalue weighted by Gasteiger charge is 2.04. The van der Waals surface area contributed by atoms with Crippen LogP contribution in [0.5, 0.6) is 0 Å². The third-order valence-electron chi connectivity index (χ3n) is 1.31. The molecule has 0 amide bonds. The first kappa shape index (κ1) is 8.71. The van der Waals surface area contributed by atoms with Gasteiger partial charge in [0.1, 0.15) is 5.69 Å². The molecule has 0 aromatic carbocycles. The predicted molar refractivity (Wildman–Crippen MR) is 49.8 cm³/mol. The molecule has 0 N–H and O–H groups in total. The number of hydrogen-bond donors (Lipinski definition) is 0. The second kappa shape index (κ2) is 3.85. The molecule has 3 nitrogen and oxygen atoms in total. The van der Waals surface area contributed by atoms with E-state index in [4.69, 9.17) is 4.42 Å². The van der Waals surface area contributed by atoms with Gasteiger partial charge in [0, 0.05) is 13.1 Å². The fourth-order valence-electron chi connectivity index (χ4n) is 0.909. The molecule has 0 aliphatic heterocycles. The van der Waals surface area contributed by atoms with E-state index >= 15 is 0 Å². The highest BCUT2D eigenvalue weighted by molar-refractivity contribution is 5.63. The summed E-state index contributed by atoms with van der Waals surface area (Å²) < 4.78 is 5.25. The third-order valence-corrected chi connectivity index (χ3v) is 1.31. The van der Waals surface area contributed by atoms with Crippen LogP contribution in [0.4, 0.5) is 5.88 Å². The van der Waals surface area contributed by atoms with Crippen LogP contribution in [0.25, 0.3) is 6.08 Å². The van der Waals surface area contributed by atoms with Crippen LogP contribution in [0.3, 0.4) is 0 Å². The molecular weight excluding hydrogens is 152 g/mol. The number of aliphatic imine (C=N–C) groups is 1. The van der Waals surface area contributed by atoms with Gasteiger partial charge in [-0.25, -0.2) is 9.98 Å². The molecule has 0 saturated heterocycles. The van der Waals surface area contributed by atoms with E-state index in [1.54, 1.807) is 6.21 Å². The Bertz CT molecular complexity index is 281. The van der Waals surface area contributed by atoms with Crippen LogP contribution in [0.1, 0.15) is 25.4 Å². The molecule has 0 spiro atoms. The molecule has 1 rings (SSSR count). The summed E-state index contributed by atoms with van der Waals surface area (Å²) in [5.74, 6) is 1.22. The Kier molecular flexibility index (Phi) is 2.80. The lowest BCUT2D eigenvalue weighted by Crippen LogP contribution is -1.71. The second-order valence-electron chi connectivity index (χ2n) is 2.31. The Morgan fingerprint density at radius 1 is 1.42 bits per heavy atom. The molecule has 0 aliphatic carbocycles. The van der Waals surface area contributed by atoms with Crippen molar-refractivity contribution in [1.82, 2.24) is 4.98 Å². The molecule has 0 saturated carbocycles. The summed E-state index contributed by atoms with van der Waals surface area (Å²) in [4.78, 5) is 8.19. The highest BCUT2D eigenvalue weighted by atomic mass is 16.4. The van der Waals surface area contributed by atoms with Crippen molar-refractivity contribution < 1.29 is 4.42 Å². The van der Waals surface area contributed by atoms with E-state index < -0.39 is 0 Å². The van der Waals surface area contributed by atoms with E-state index in [2.05, 4.69) is 9.98 Å². The maximum atomic E-state index is 5.25. The van der Waals surface area contributed by atoms with Gasteiger partial charge in [0.05, 0.1) is 0 Å².